The van der Waals surface area contributed by atoms with Crippen molar-refractivity contribution in [3.8, 4) is 0 Å². The quantitative estimate of drug-likeness (QED) is 0.642. The molecule has 0 saturated heterocycles. The predicted octanol–water partition coefficient (Wildman–Crippen LogP) is 2.89. The van der Waals surface area contributed by atoms with Crippen LogP contribution in [0.5, 0.6) is 0 Å². The number of hydrogen-bond donors (Lipinski definition) is 1. The maximum atomic E-state index is 9.67. The van der Waals surface area contributed by atoms with E-state index in [4.69, 9.17) is 0 Å². The molecular weight excluding hydrogens is 148 g/mol. The van der Waals surface area contributed by atoms with Crippen LogP contribution in [-0.4, -0.2) is 11.2 Å². The molecule has 1 rings (SSSR count). The Balaban J connectivity index is 2.33. The second-order valence-corrected chi connectivity index (χ2v) is 3.92. The molecule has 0 aromatic carbocycles. The van der Waals surface area contributed by atoms with E-state index in [-0.39, 0.29) is 6.10 Å². The van der Waals surface area contributed by atoms with E-state index < -0.39 is 0 Å². The summed E-state index contributed by atoms with van der Waals surface area (Å²) in [6.45, 7) is 6.13. The molecule has 1 fully saturated rings. The second kappa shape index (κ2) is 4.66. The molecule has 0 spiro atoms. The lowest BCUT2D eigenvalue weighted by Crippen LogP contribution is -2.24. The van der Waals surface area contributed by atoms with E-state index in [1.165, 1.54) is 24.8 Å². The number of allylic oxidation sites excluding steroid dienone is 1. The first-order valence-corrected chi connectivity index (χ1v) is 5.08. The highest BCUT2D eigenvalue weighted by molar-refractivity contribution is 4.96. The lowest BCUT2D eigenvalue weighted by molar-refractivity contribution is 0.0697. The number of aliphatic hydroxyl groups is 1. The van der Waals surface area contributed by atoms with Crippen molar-refractivity contribution in [2.75, 3.05) is 0 Å². The maximum absolute atomic E-state index is 9.67. The molecule has 0 aromatic rings. The van der Waals surface area contributed by atoms with Gasteiger partial charge in [-0.25, -0.2) is 0 Å². The molecule has 0 radical (unpaired) electrons. The molecular formula is C11H20O. The van der Waals surface area contributed by atoms with Gasteiger partial charge >= 0.3 is 0 Å². The summed E-state index contributed by atoms with van der Waals surface area (Å²) in [4.78, 5) is 0. The van der Waals surface area contributed by atoms with Crippen molar-refractivity contribution >= 4 is 0 Å². The van der Waals surface area contributed by atoms with Crippen molar-refractivity contribution in [3.05, 3.63) is 12.2 Å². The summed E-state index contributed by atoms with van der Waals surface area (Å²) in [6, 6.07) is 0. The normalized spacial score (nSPS) is 30.2. The lowest BCUT2D eigenvalue weighted by Gasteiger charge is -2.27. The van der Waals surface area contributed by atoms with E-state index >= 15 is 0 Å². The van der Waals surface area contributed by atoms with Crippen LogP contribution in [0.3, 0.4) is 0 Å². The van der Waals surface area contributed by atoms with E-state index in [1.54, 1.807) is 0 Å². The van der Waals surface area contributed by atoms with Crippen molar-refractivity contribution in [1.82, 2.24) is 0 Å². The molecule has 0 bridgehead atoms. The first-order chi connectivity index (χ1) is 5.74. The molecule has 0 heterocycles. The molecule has 0 amide bonds. The summed E-state index contributed by atoms with van der Waals surface area (Å²) in [7, 11) is 0. The molecule has 70 valence electrons. The van der Waals surface area contributed by atoms with E-state index in [9.17, 15) is 5.11 Å². The summed E-state index contributed by atoms with van der Waals surface area (Å²) >= 11 is 0. The third kappa shape index (κ3) is 2.63. The van der Waals surface area contributed by atoms with Gasteiger partial charge in [0.15, 0.2) is 0 Å². The first-order valence-electron chi connectivity index (χ1n) is 5.08. The predicted molar refractivity (Wildman–Crippen MR) is 52.0 cm³/mol. The van der Waals surface area contributed by atoms with Crippen LogP contribution in [0.4, 0.5) is 0 Å². The van der Waals surface area contributed by atoms with Gasteiger partial charge in [0.05, 0.1) is 6.10 Å². The van der Waals surface area contributed by atoms with Gasteiger partial charge in [0, 0.05) is 0 Å². The molecule has 0 aliphatic heterocycles. The molecule has 1 aliphatic carbocycles. The average Bonchev–Trinajstić information content (AvgIpc) is 2.09. The topological polar surface area (TPSA) is 20.2 Å². The van der Waals surface area contributed by atoms with E-state index in [1.807, 2.05) is 0 Å². The molecule has 1 aliphatic rings. The molecule has 1 nitrogen and oxygen atoms in total. The SMILES string of the molecule is C=C(CC)CC1CCCCC1O. The Morgan fingerprint density at radius 3 is 2.67 bits per heavy atom. The van der Waals surface area contributed by atoms with E-state index in [0.29, 0.717) is 5.92 Å². The van der Waals surface area contributed by atoms with Gasteiger partial charge in [0.25, 0.3) is 0 Å². The molecule has 0 aromatic heterocycles. The van der Waals surface area contributed by atoms with Crippen molar-refractivity contribution in [2.45, 2.75) is 51.6 Å². The zero-order chi connectivity index (χ0) is 8.97. The average molecular weight is 168 g/mol. The maximum Gasteiger partial charge on any atom is 0.0571 e. The van der Waals surface area contributed by atoms with Gasteiger partial charge in [0.1, 0.15) is 0 Å². The van der Waals surface area contributed by atoms with Crippen molar-refractivity contribution in [2.24, 2.45) is 5.92 Å². The monoisotopic (exact) mass is 168 g/mol. The van der Waals surface area contributed by atoms with Crippen LogP contribution < -0.4 is 0 Å². The van der Waals surface area contributed by atoms with Gasteiger partial charge in [-0.15, -0.1) is 0 Å². The lowest BCUT2D eigenvalue weighted by atomic mass is 9.82. The number of rotatable bonds is 3. The van der Waals surface area contributed by atoms with Crippen LogP contribution in [-0.2, 0) is 0 Å². The second-order valence-electron chi connectivity index (χ2n) is 3.92. The van der Waals surface area contributed by atoms with Crippen LogP contribution in [0, 0.1) is 5.92 Å². The van der Waals surface area contributed by atoms with Gasteiger partial charge in [-0.1, -0.05) is 31.9 Å². The summed E-state index contributed by atoms with van der Waals surface area (Å²) in [5, 5.41) is 9.67. The minimum atomic E-state index is -0.0537. The third-order valence-corrected chi connectivity index (χ3v) is 2.92. The molecule has 12 heavy (non-hydrogen) atoms. The Hall–Kier alpha value is -0.300. The zero-order valence-corrected chi connectivity index (χ0v) is 8.05. The fourth-order valence-corrected chi connectivity index (χ4v) is 1.94. The van der Waals surface area contributed by atoms with Crippen molar-refractivity contribution in [1.29, 1.82) is 0 Å². The molecule has 2 unspecified atom stereocenters. The van der Waals surface area contributed by atoms with Gasteiger partial charge in [-0.3, -0.25) is 0 Å². The van der Waals surface area contributed by atoms with Crippen LogP contribution in [0.15, 0.2) is 12.2 Å². The number of aliphatic hydroxyl groups excluding tert-OH is 1. The molecule has 1 heteroatoms. The Morgan fingerprint density at radius 1 is 1.42 bits per heavy atom. The van der Waals surface area contributed by atoms with Gasteiger partial charge < -0.3 is 5.11 Å². The third-order valence-electron chi connectivity index (χ3n) is 2.92. The highest BCUT2D eigenvalue weighted by Crippen LogP contribution is 2.29. The number of hydrogen-bond acceptors (Lipinski definition) is 1. The van der Waals surface area contributed by atoms with Crippen LogP contribution >= 0.6 is 0 Å². The highest BCUT2D eigenvalue weighted by atomic mass is 16.3. The Kier molecular flexibility index (Phi) is 3.80. The standard InChI is InChI=1S/C11H20O/c1-3-9(2)8-10-6-4-5-7-11(10)12/h10-12H,2-8H2,1H3. The highest BCUT2D eigenvalue weighted by Gasteiger charge is 2.22. The zero-order valence-electron chi connectivity index (χ0n) is 8.05. The van der Waals surface area contributed by atoms with Gasteiger partial charge in [-0.05, 0) is 31.6 Å². The smallest absolute Gasteiger partial charge is 0.0571 e. The van der Waals surface area contributed by atoms with Crippen molar-refractivity contribution < 1.29 is 5.11 Å². The van der Waals surface area contributed by atoms with Gasteiger partial charge in [0.2, 0.25) is 0 Å². The van der Waals surface area contributed by atoms with Gasteiger partial charge in [-0.2, -0.15) is 0 Å². The van der Waals surface area contributed by atoms with E-state index in [2.05, 4.69) is 13.5 Å². The van der Waals surface area contributed by atoms with Crippen LogP contribution in [0.1, 0.15) is 45.4 Å². The fraction of sp³-hybridized carbons (Fsp3) is 0.818. The minimum absolute atomic E-state index is 0.0537. The summed E-state index contributed by atoms with van der Waals surface area (Å²) in [5.41, 5.74) is 1.29. The Morgan fingerprint density at radius 2 is 2.08 bits per heavy atom. The van der Waals surface area contributed by atoms with Crippen LogP contribution in [0.2, 0.25) is 0 Å². The fourth-order valence-electron chi connectivity index (χ4n) is 1.94. The molecule has 2 atom stereocenters. The summed E-state index contributed by atoms with van der Waals surface area (Å²) in [5.74, 6) is 0.506. The summed E-state index contributed by atoms with van der Waals surface area (Å²) < 4.78 is 0. The largest absolute Gasteiger partial charge is 0.393 e. The van der Waals surface area contributed by atoms with Crippen LogP contribution in [0.25, 0.3) is 0 Å². The molecule has 1 N–H and O–H groups in total. The summed E-state index contributed by atoms with van der Waals surface area (Å²) in [6.07, 6.45) is 6.74. The Labute approximate surface area is 75.5 Å². The first kappa shape index (κ1) is 9.79. The minimum Gasteiger partial charge on any atom is -0.393 e. The molecule has 1 saturated carbocycles. The van der Waals surface area contributed by atoms with Crippen molar-refractivity contribution in [3.63, 3.8) is 0 Å². The Bertz CT molecular complexity index is 151. The van der Waals surface area contributed by atoms with E-state index in [0.717, 1.165) is 19.3 Å².